The van der Waals surface area contributed by atoms with Crippen LogP contribution in [-0.2, 0) is 4.79 Å². The van der Waals surface area contributed by atoms with E-state index in [9.17, 15) is 4.79 Å². The predicted octanol–water partition coefficient (Wildman–Crippen LogP) is 1.23. The second-order valence-electron chi connectivity index (χ2n) is 3.57. The molecular formula is C12H11N3O2. The van der Waals surface area contributed by atoms with Gasteiger partial charge in [0.1, 0.15) is 12.4 Å². The summed E-state index contributed by atoms with van der Waals surface area (Å²) in [6.07, 6.45) is 4.84. The van der Waals surface area contributed by atoms with E-state index in [2.05, 4.69) is 9.97 Å². The summed E-state index contributed by atoms with van der Waals surface area (Å²) in [6.45, 7) is 0. The van der Waals surface area contributed by atoms with Gasteiger partial charge in [-0.1, -0.05) is 24.3 Å². The van der Waals surface area contributed by atoms with Crippen LogP contribution in [-0.4, -0.2) is 21.0 Å². The first-order valence-electron chi connectivity index (χ1n) is 5.02. The van der Waals surface area contributed by atoms with Gasteiger partial charge >= 0.3 is 5.97 Å². The normalized spacial score (nSPS) is 12.1. The molecule has 2 aromatic rings. The molecule has 0 saturated heterocycles. The molecule has 0 unspecified atom stereocenters. The smallest absolute Gasteiger partial charge is 0.325 e. The van der Waals surface area contributed by atoms with Crippen LogP contribution >= 0.6 is 0 Å². The highest BCUT2D eigenvalue weighted by molar-refractivity contribution is 5.75. The minimum absolute atomic E-state index is 0.568. The Labute approximate surface area is 98.0 Å². The van der Waals surface area contributed by atoms with Gasteiger partial charge in [-0.05, 0) is 11.1 Å². The summed E-state index contributed by atoms with van der Waals surface area (Å²) < 4.78 is 0. The average Bonchev–Trinajstić information content (AvgIpc) is 2.39. The SMILES string of the molecule is N[C@H](C(=O)O)c1ccc(-c2cncnc2)cc1. The summed E-state index contributed by atoms with van der Waals surface area (Å²) in [7, 11) is 0. The largest absolute Gasteiger partial charge is 0.480 e. The van der Waals surface area contributed by atoms with Gasteiger partial charge in [-0.15, -0.1) is 0 Å². The van der Waals surface area contributed by atoms with E-state index >= 15 is 0 Å². The van der Waals surface area contributed by atoms with Gasteiger partial charge in [0.2, 0.25) is 0 Å². The first-order chi connectivity index (χ1) is 8.18. The highest BCUT2D eigenvalue weighted by Gasteiger charge is 2.13. The molecule has 0 bridgehead atoms. The number of carboxylic acids is 1. The molecule has 1 atom stereocenters. The number of hydrogen-bond acceptors (Lipinski definition) is 4. The maximum absolute atomic E-state index is 10.7. The standard InChI is InChI=1S/C12H11N3O2/c13-11(12(16)17)9-3-1-8(2-4-9)10-5-14-7-15-6-10/h1-7,11H,13H2,(H,16,17)/t11-/m0/s1. The second kappa shape index (κ2) is 4.71. The van der Waals surface area contributed by atoms with Gasteiger partial charge in [-0.25, -0.2) is 9.97 Å². The highest BCUT2D eigenvalue weighted by Crippen LogP contribution is 2.19. The molecule has 0 amide bonds. The van der Waals surface area contributed by atoms with E-state index in [4.69, 9.17) is 10.8 Å². The number of benzene rings is 1. The molecule has 0 saturated carbocycles. The summed E-state index contributed by atoms with van der Waals surface area (Å²) in [5.74, 6) is -1.04. The lowest BCUT2D eigenvalue weighted by molar-refractivity contribution is -0.138. The van der Waals surface area contributed by atoms with Crippen molar-refractivity contribution in [3.05, 3.63) is 48.5 Å². The van der Waals surface area contributed by atoms with E-state index in [0.717, 1.165) is 11.1 Å². The molecule has 3 N–H and O–H groups in total. The molecule has 17 heavy (non-hydrogen) atoms. The minimum Gasteiger partial charge on any atom is -0.480 e. The molecule has 5 heteroatoms. The number of nitrogens with two attached hydrogens (primary N) is 1. The van der Waals surface area contributed by atoms with Gasteiger partial charge in [-0.3, -0.25) is 4.79 Å². The molecule has 1 aromatic carbocycles. The summed E-state index contributed by atoms with van der Waals surface area (Å²) in [5.41, 5.74) is 7.87. The van der Waals surface area contributed by atoms with E-state index in [1.165, 1.54) is 6.33 Å². The molecule has 5 nitrogen and oxygen atoms in total. The molecule has 0 aliphatic heterocycles. The van der Waals surface area contributed by atoms with Crippen LogP contribution in [0.25, 0.3) is 11.1 Å². The summed E-state index contributed by atoms with van der Waals surface area (Å²) in [5, 5.41) is 8.78. The lowest BCUT2D eigenvalue weighted by Crippen LogP contribution is -2.20. The fourth-order valence-corrected chi connectivity index (χ4v) is 1.47. The molecule has 0 aliphatic rings. The van der Waals surface area contributed by atoms with Crippen molar-refractivity contribution in [1.29, 1.82) is 0 Å². The Kier molecular flexibility index (Phi) is 3.11. The predicted molar refractivity (Wildman–Crippen MR) is 62.0 cm³/mol. The Bertz CT molecular complexity index is 511. The van der Waals surface area contributed by atoms with E-state index in [1.54, 1.807) is 36.7 Å². The van der Waals surface area contributed by atoms with Crippen LogP contribution in [0.1, 0.15) is 11.6 Å². The van der Waals surface area contributed by atoms with Gasteiger partial charge in [0, 0.05) is 18.0 Å². The Morgan fingerprint density at radius 1 is 1.12 bits per heavy atom. The molecule has 1 heterocycles. The van der Waals surface area contributed by atoms with Crippen LogP contribution in [0.3, 0.4) is 0 Å². The molecule has 0 radical (unpaired) electrons. The number of aromatic nitrogens is 2. The van der Waals surface area contributed by atoms with Crippen molar-refractivity contribution in [2.24, 2.45) is 5.73 Å². The number of carbonyl (C=O) groups is 1. The average molecular weight is 229 g/mol. The lowest BCUT2D eigenvalue weighted by Gasteiger charge is -2.07. The quantitative estimate of drug-likeness (QED) is 0.826. The summed E-state index contributed by atoms with van der Waals surface area (Å²) in [4.78, 5) is 18.5. The van der Waals surface area contributed by atoms with Crippen LogP contribution in [0.2, 0.25) is 0 Å². The van der Waals surface area contributed by atoms with Gasteiger partial charge < -0.3 is 10.8 Å². The van der Waals surface area contributed by atoms with E-state index in [0.29, 0.717) is 5.56 Å². The maximum Gasteiger partial charge on any atom is 0.325 e. The van der Waals surface area contributed by atoms with Crippen LogP contribution in [0.5, 0.6) is 0 Å². The zero-order chi connectivity index (χ0) is 12.3. The summed E-state index contributed by atoms with van der Waals surface area (Å²) >= 11 is 0. The van der Waals surface area contributed by atoms with Crippen LogP contribution in [0, 0.1) is 0 Å². The third kappa shape index (κ3) is 2.46. The van der Waals surface area contributed by atoms with Crippen molar-refractivity contribution in [2.45, 2.75) is 6.04 Å². The Morgan fingerprint density at radius 3 is 2.24 bits per heavy atom. The maximum atomic E-state index is 10.7. The fourth-order valence-electron chi connectivity index (χ4n) is 1.47. The van der Waals surface area contributed by atoms with Crippen LogP contribution in [0.4, 0.5) is 0 Å². The number of nitrogens with zero attached hydrogens (tertiary/aromatic N) is 2. The van der Waals surface area contributed by atoms with Gasteiger partial charge in [0.15, 0.2) is 0 Å². The zero-order valence-corrected chi connectivity index (χ0v) is 8.95. The third-order valence-corrected chi connectivity index (χ3v) is 2.43. The van der Waals surface area contributed by atoms with Crippen molar-refractivity contribution in [3.63, 3.8) is 0 Å². The Hall–Kier alpha value is -2.27. The van der Waals surface area contributed by atoms with Crippen LogP contribution < -0.4 is 5.73 Å². The molecule has 2 rings (SSSR count). The van der Waals surface area contributed by atoms with Crippen molar-refractivity contribution in [3.8, 4) is 11.1 Å². The lowest BCUT2D eigenvalue weighted by atomic mass is 10.0. The Morgan fingerprint density at radius 2 is 1.71 bits per heavy atom. The number of carboxylic acid groups (broad SMARTS) is 1. The Balaban J connectivity index is 2.28. The van der Waals surface area contributed by atoms with Gasteiger partial charge in [0.25, 0.3) is 0 Å². The molecule has 0 aliphatic carbocycles. The third-order valence-electron chi connectivity index (χ3n) is 2.43. The molecule has 0 spiro atoms. The first-order valence-corrected chi connectivity index (χ1v) is 5.02. The van der Waals surface area contributed by atoms with Crippen molar-refractivity contribution in [2.75, 3.05) is 0 Å². The number of hydrogen-bond donors (Lipinski definition) is 2. The van der Waals surface area contributed by atoms with Crippen LogP contribution in [0.15, 0.2) is 43.0 Å². The first kappa shape index (κ1) is 11.2. The monoisotopic (exact) mass is 229 g/mol. The fraction of sp³-hybridized carbons (Fsp3) is 0.0833. The van der Waals surface area contributed by atoms with Crippen molar-refractivity contribution < 1.29 is 9.90 Å². The second-order valence-corrected chi connectivity index (χ2v) is 3.57. The zero-order valence-electron chi connectivity index (χ0n) is 8.95. The van der Waals surface area contributed by atoms with E-state index in [-0.39, 0.29) is 0 Å². The van der Waals surface area contributed by atoms with Gasteiger partial charge in [0.05, 0.1) is 0 Å². The van der Waals surface area contributed by atoms with Gasteiger partial charge in [-0.2, -0.15) is 0 Å². The molecule has 1 aromatic heterocycles. The van der Waals surface area contributed by atoms with E-state index in [1.807, 2.05) is 0 Å². The number of rotatable bonds is 3. The summed E-state index contributed by atoms with van der Waals surface area (Å²) in [6, 6.07) is 6.01. The van der Waals surface area contributed by atoms with Crippen molar-refractivity contribution >= 4 is 5.97 Å². The van der Waals surface area contributed by atoms with Crippen molar-refractivity contribution in [1.82, 2.24) is 9.97 Å². The van der Waals surface area contributed by atoms with E-state index < -0.39 is 12.0 Å². The molecular weight excluding hydrogens is 218 g/mol. The molecule has 86 valence electrons. The number of aliphatic carboxylic acids is 1. The topological polar surface area (TPSA) is 89.1 Å². The molecule has 0 fully saturated rings. The minimum atomic E-state index is -1.04. The highest BCUT2D eigenvalue weighted by atomic mass is 16.4.